The zero-order valence-electron chi connectivity index (χ0n) is 9.25. The maximum atomic E-state index is 11.2. The van der Waals surface area contributed by atoms with Crippen molar-refractivity contribution in [1.29, 1.82) is 0 Å². The third-order valence-corrected chi connectivity index (χ3v) is 2.78. The quantitative estimate of drug-likeness (QED) is 0.512. The molecule has 1 amide bonds. The lowest BCUT2D eigenvalue weighted by Gasteiger charge is -1.94. The van der Waals surface area contributed by atoms with Crippen LogP contribution >= 0.6 is 0 Å². The van der Waals surface area contributed by atoms with Gasteiger partial charge in [-0.15, -0.1) is 0 Å². The number of hydrogen-bond acceptors (Lipinski definition) is 1. The fourth-order valence-electron chi connectivity index (χ4n) is 1.70. The number of carbonyl (C=O) groups is 1. The van der Waals surface area contributed by atoms with Crippen LogP contribution in [0.15, 0.2) is 12.2 Å². The Morgan fingerprint density at radius 2 is 2.29 bits per heavy atom. The van der Waals surface area contributed by atoms with Crippen LogP contribution in [0, 0.1) is 11.8 Å². The molecule has 1 N–H and O–H groups in total. The van der Waals surface area contributed by atoms with Crippen LogP contribution in [0.2, 0.25) is 0 Å². The van der Waals surface area contributed by atoms with Crippen LogP contribution in [0.1, 0.15) is 39.0 Å². The Morgan fingerprint density at radius 3 is 2.93 bits per heavy atom. The molecule has 0 bridgehead atoms. The molecule has 1 unspecified atom stereocenters. The average molecular weight is 195 g/mol. The van der Waals surface area contributed by atoms with E-state index in [2.05, 4.69) is 24.4 Å². The van der Waals surface area contributed by atoms with E-state index < -0.39 is 0 Å². The molecule has 1 rings (SSSR count). The van der Waals surface area contributed by atoms with Gasteiger partial charge < -0.3 is 5.32 Å². The summed E-state index contributed by atoms with van der Waals surface area (Å²) in [4.78, 5) is 11.2. The summed E-state index contributed by atoms with van der Waals surface area (Å²) in [6.07, 6.45) is 10.5. The normalized spacial score (nSPS) is 25.3. The molecule has 0 aliphatic heterocycles. The number of rotatable bonds is 6. The predicted molar refractivity (Wildman–Crippen MR) is 58.9 cm³/mol. The first-order valence-corrected chi connectivity index (χ1v) is 5.67. The van der Waals surface area contributed by atoms with Crippen molar-refractivity contribution in [2.75, 3.05) is 7.05 Å². The molecule has 1 aliphatic carbocycles. The van der Waals surface area contributed by atoms with Crippen molar-refractivity contribution >= 4 is 5.91 Å². The van der Waals surface area contributed by atoms with E-state index in [-0.39, 0.29) is 11.8 Å². The molecule has 80 valence electrons. The van der Waals surface area contributed by atoms with Gasteiger partial charge in [0, 0.05) is 13.0 Å². The van der Waals surface area contributed by atoms with E-state index >= 15 is 0 Å². The summed E-state index contributed by atoms with van der Waals surface area (Å²) in [5.74, 6) is 0.993. The number of allylic oxidation sites excluding steroid dienone is 2. The molecule has 2 heteroatoms. The Morgan fingerprint density at radius 1 is 1.50 bits per heavy atom. The highest BCUT2D eigenvalue weighted by atomic mass is 16.1. The Balaban J connectivity index is 2.06. The first-order valence-electron chi connectivity index (χ1n) is 5.67. The van der Waals surface area contributed by atoms with Crippen molar-refractivity contribution in [3.8, 4) is 0 Å². The standard InChI is InChI=1S/C12H21NO/c1-3-4-5-6-7-8-10-9-11(10)12(14)13-2/h7-8,10-11H,3-6,9H2,1-2H3,(H,13,14)/b8-7-/t10-,11?/m1/s1. The summed E-state index contributed by atoms with van der Waals surface area (Å²) in [6, 6.07) is 0. The highest BCUT2D eigenvalue weighted by Crippen LogP contribution is 2.39. The number of hydrogen-bond donors (Lipinski definition) is 1. The fourth-order valence-corrected chi connectivity index (χ4v) is 1.70. The minimum absolute atomic E-state index is 0.202. The zero-order valence-corrected chi connectivity index (χ0v) is 9.25. The zero-order chi connectivity index (χ0) is 10.4. The van der Waals surface area contributed by atoms with Crippen molar-refractivity contribution < 1.29 is 4.79 Å². The number of carbonyl (C=O) groups excluding carboxylic acids is 1. The Kier molecular flexibility index (Phi) is 4.71. The van der Waals surface area contributed by atoms with Gasteiger partial charge in [0.1, 0.15) is 0 Å². The molecule has 0 radical (unpaired) electrons. The topological polar surface area (TPSA) is 29.1 Å². The first kappa shape index (κ1) is 11.3. The van der Waals surface area contributed by atoms with Gasteiger partial charge in [-0.05, 0) is 25.2 Å². The van der Waals surface area contributed by atoms with Crippen LogP contribution in [-0.4, -0.2) is 13.0 Å². The van der Waals surface area contributed by atoms with Crippen LogP contribution in [-0.2, 0) is 4.79 Å². The summed E-state index contributed by atoms with van der Waals surface area (Å²) in [5, 5.41) is 2.69. The number of unbranched alkanes of at least 4 members (excludes halogenated alkanes) is 3. The minimum atomic E-state index is 0.202. The summed E-state index contributed by atoms with van der Waals surface area (Å²) in [6.45, 7) is 2.21. The molecule has 0 aromatic heterocycles. The molecular formula is C12H21NO. The van der Waals surface area contributed by atoms with E-state index in [1.807, 2.05) is 0 Å². The summed E-state index contributed by atoms with van der Waals surface area (Å²) >= 11 is 0. The van der Waals surface area contributed by atoms with Crippen molar-refractivity contribution in [3.05, 3.63) is 12.2 Å². The van der Waals surface area contributed by atoms with E-state index in [0.29, 0.717) is 5.92 Å². The van der Waals surface area contributed by atoms with Gasteiger partial charge in [0.05, 0.1) is 0 Å². The molecule has 2 atom stereocenters. The Bertz CT molecular complexity index is 210. The molecule has 1 aliphatic rings. The monoisotopic (exact) mass is 195 g/mol. The van der Waals surface area contributed by atoms with Crippen molar-refractivity contribution in [2.24, 2.45) is 11.8 Å². The highest BCUT2D eigenvalue weighted by molar-refractivity contribution is 5.81. The van der Waals surface area contributed by atoms with Gasteiger partial charge in [0.2, 0.25) is 5.91 Å². The average Bonchev–Trinajstić information content (AvgIpc) is 2.96. The third-order valence-electron chi connectivity index (χ3n) is 2.78. The van der Waals surface area contributed by atoms with E-state index in [1.165, 1.54) is 25.7 Å². The molecule has 2 nitrogen and oxygen atoms in total. The van der Waals surface area contributed by atoms with Gasteiger partial charge in [-0.1, -0.05) is 31.9 Å². The Hall–Kier alpha value is -0.790. The molecule has 1 fully saturated rings. The Labute approximate surface area is 86.8 Å². The van der Waals surface area contributed by atoms with Gasteiger partial charge in [-0.2, -0.15) is 0 Å². The lowest BCUT2D eigenvalue weighted by molar-refractivity contribution is -0.122. The lowest BCUT2D eigenvalue weighted by atomic mass is 10.2. The second-order valence-corrected chi connectivity index (χ2v) is 4.04. The predicted octanol–water partition coefficient (Wildman–Crippen LogP) is 2.50. The summed E-state index contributed by atoms with van der Waals surface area (Å²) in [7, 11) is 1.71. The summed E-state index contributed by atoms with van der Waals surface area (Å²) < 4.78 is 0. The molecule has 0 saturated heterocycles. The highest BCUT2D eigenvalue weighted by Gasteiger charge is 2.40. The van der Waals surface area contributed by atoms with Crippen molar-refractivity contribution in [2.45, 2.75) is 39.0 Å². The molecule has 14 heavy (non-hydrogen) atoms. The van der Waals surface area contributed by atoms with Crippen molar-refractivity contribution in [3.63, 3.8) is 0 Å². The second kappa shape index (κ2) is 5.84. The maximum absolute atomic E-state index is 11.2. The number of amides is 1. The molecule has 0 spiro atoms. The minimum Gasteiger partial charge on any atom is -0.359 e. The van der Waals surface area contributed by atoms with Crippen LogP contribution in [0.3, 0.4) is 0 Å². The van der Waals surface area contributed by atoms with E-state index in [9.17, 15) is 4.79 Å². The van der Waals surface area contributed by atoms with Gasteiger partial charge in [-0.25, -0.2) is 0 Å². The van der Waals surface area contributed by atoms with Crippen LogP contribution in [0.25, 0.3) is 0 Å². The summed E-state index contributed by atoms with van der Waals surface area (Å²) in [5.41, 5.74) is 0. The molecule has 0 aromatic carbocycles. The van der Waals surface area contributed by atoms with Gasteiger partial charge in [0.25, 0.3) is 0 Å². The number of nitrogens with one attached hydrogen (secondary N) is 1. The largest absolute Gasteiger partial charge is 0.359 e. The van der Waals surface area contributed by atoms with E-state index in [4.69, 9.17) is 0 Å². The fraction of sp³-hybridized carbons (Fsp3) is 0.750. The molecule has 0 aromatic rings. The second-order valence-electron chi connectivity index (χ2n) is 4.04. The smallest absolute Gasteiger partial charge is 0.223 e. The van der Waals surface area contributed by atoms with Crippen molar-refractivity contribution in [1.82, 2.24) is 5.32 Å². The van der Waals surface area contributed by atoms with Crippen LogP contribution < -0.4 is 5.32 Å². The van der Waals surface area contributed by atoms with Crippen LogP contribution in [0.4, 0.5) is 0 Å². The first-order chi connectivity index (χ1) is 6.79. The van der Waals surface area contributed by atoms with Gasteiger partial charge in [0.15, 0.2) is 0 Å². The molecule has 0 heterocycles. The van der Waals surface area contributed by atoms with Crippen LogP contribution in [0.5, 0.6) is 0 Å². The van der Waals surface area contributed by atoms with E-state index in [1.54, 1.807) is 7.05 Å². The van der Waals surface area contributed by atoms with Gasteiger partial charge in [-0.3, -0.25) is 4.79 Å². The SMILES string of the molecule is CCCCC/C=C\[C@@H]1CC1C(=O)NC. The third kappa shape index (κ3) is 3.52. The molecular weight excluding hydrogens is 174 g/mol. The maximum Gasteiger partial charge on any atom is 0.223 e. The van der Waals surface area contributed by atoms with Gasteiger partial charge >= 0.3 is 0 Å². The molecule has 1 saturated carbocycles. The van der Waals surface area contributed by atoms with E-state index in [0.717, 1.165) is 6.42 Å². The lowest BCUT2D eigenvalue weighted by Crippen LogP contribution is -2.20.